The van der Waals surface area contributed by atoms with Crippen LogP contribution in [0.5, 0.6) is 0 Å². The molecule has 24 heavy (non-hydrogen) atoms. The summed E-state index contributed by atoms with van der Waals surface area (Å²) in [6, 6.07) is 12.1. The molecule has 118 valence electrons. The largest absolute Gasteiger partial charge is 0.357 e. The van der Waals surface area contributed by atoms with E-state index in [4.69, 9.17) is 6.42 Å². The molecule has 1 heterocycles. The molecule has 0 spiro atoms. The number of fused-ring (bicyclic) bond motifs is 4. The third kappa shape index (κ3) is 1.82. The summed E-state index contributed by atoms with van der Waals surface area (Å²) in [4.78, 5) is 16.7. The molecule has 0 saturated carbocycles. The highest BCUT2D eigenvalue weighted by molar-refractivity contribution is 6.20. The van der Waals surface area contributed by atoms with Gasteiger partial charge in [0, 0.05) is 33.1 Å². The van der Waals surface area contributed by atoms with Crippen LogP contribution >= 0.6 is 0 Å². The first-order valence-electron chi connectivity index (χ1n) is 8.28. The zero-order valence-electron chi connectivity index (χ0n) is 14.2. The molecule has 0 radical (unpaired) electrons. The highest BCUT2D eigenvalue weighted by atomic mass is 16.1. The van der Waals surface area contributed by atoms with E-state index in [0.717, 1.165) is 45.3 Å². The predicted molar refractivity (Wildman–Crippen MR) is 97.6 cm³/mol. The number of nitrogens with one attached hydrogen (secondary N) is 1. The van der Waals surface area contributed by atoms with Gasteiger partial charge < -0.3 is 4.98 Å². The average molecular weight is 313 g/mol. The van der Waals surface area contributed by atoms with Crippen LogP contribution in [0, 0.1) is 12.3 Å². The molecule has 1 aliphatic rings. The number of aromatic amines is 1. The van der Waals surface area contributed by atoms with Crippen LogP contribution in [0.15, 0.2) is 36.4 Å². The number of hydrogen-bond acceptors (Lipinski definition) is 1. The molecule has 1 N–H and O–H groups in total. The second kappa shape index (κ2) is 4.85. The number of H-pyrrole nitrogens is 1. The van der Waals surface area contributed by atoms with Gasteiger partial charge in [-0.15, -0.1) is 6.42 Å². The van der Waals surface area contributed by atoms with Crippen LogP contribution in [0.2, 0.25) is 0 Å². The second-order valence-corrected chi connectivity index (χ2v) is 6.97. The van der Waals surface area contributed by atoms with Crippen molar-refractivity contribution in [1.82, 2.24) is 4.98 Å². The van der Waals surface area contributed by atoms with E-state index in [1.807, 2.05) is 18.2 Å². The van der Waals surface area contributed by atoms with Gasteiger partial charge in [0.2, 0.25) is 0 Å². The maximum Gasteiger partial charge on any atom is 0.195 e. The Labute approximate surface area is 141 Å². The molecule has 1 aliphatic carbocycles. The minimum absolute atomic E-state index is 0.106. The summed E-state index contributed by atoms with van der Waals surface area (Å²) in [6.07, 6.45) is 6.44. The molecule has 0 aliphatic heterocycles. The van der Waals surface area contributed by atoms with E-state index in [0.29, 0.717) is 0 Å². The lowest BCUT2D eigenvalue weighted by atomic mass is 9.71. The standard InChI is InChI=1S/C22H19NO/c1-5-13-8-10-17-16(11-13)20(24)19-15-9-7-14(6-2)12-18(15)23-21(19)22(17,3)4/h2,7-12,23H,5H2,1,3-4H3. The van der Waals surface area contributed by atoms with Crippen LogP contribution < -0.4 is 0 Å². The SMILES string of the molecule is C#Cc1ccc2c3c([nH]c2c1)C(C)(C)c1ccc(CC)cc1C3=O. The number of carbonyl (C=O) groups is 1. The molecular weight excluding hydrogens is 294 g/mol. The van der Waals surface area contributed by atoms with E-state index < -0.39 is 0 Å². The number of benzene rings is 2. The lowest BCUT2D eigenvalue weighted by molar-refractivity contribution is 0.103. The average Bonchev–Trinajstić information content (AvgIpc) is 2.99. The van der Waals surface area contributed by atoms with Gasteiger partial charge in [0.1, 0.15) is 0 Å². The second-order valence-electron chi connectivity index (χ2n) is 6.97. The molecule has 2 nitrogen and oxygen atoms in total. The quantitative estimate of drug-likeness (QED) is 0.655. The van der Waals surface area contributed by atoms with E-state index in [1.54, 1.807) is 0 Å². The number of carbonyl (C=O) groups excluding carboxylic acids is 1. The Morgan fingerprint density at radius 3 is 2.67 bits per heavy atom. The third-order valence-electron chi connectivity index (χ3n) is 5.23. The molecule has 0 fully saturated rings. The molecule has 0 unspecified atom stereocenters. The van der Waals surface area contributed by atoms with Crippen LogP contribution in [0.25, 0.3) is 10.9 Å². The van der Waals surface area contributed by atoms with Crippen molar-refractivity contribution in [2.45, 2.75) is 32.6 Å². The minimum Gasteiger partial charge on any atom is -0.357 e. The number of terminal acetylenes is 1. The molecule has 0 amide bonds. The summed E-state index contributed by atoms with van der Waals surface area (Å²) in [6.45, 7) is 6.44. The first kappa shape index (κ1) is 14.8. The Morgan fingerprint density at radius 2 is 1.96 bits per heavy atom. The van der Waals surface area contributed by atoms with Crippen molar-refractivity contribution in [3.8, 4) is 12.3 Å². The lowest BCUT2D eigenvalue weighted by Gasteiger charge is -2.32. The first-order chi connectivity index (χ1) is 11.5. The van der Waals surface area contributed by atoms with Gasteiger partial charge >= 0.3 is 0 Å². The Bertz CT molecular complexity index is 1040. The lowest BCUT2D eigenvalue weighted by Crippen LogP contribution is -2.30. The Kier molecular flexibility index (Phi) is 2.99. The molecule has 3 aromatic rings. The summed E-state index contributed by atoms with van der Waals surface area (Å²) < 4.78 is 0. The first-order valence-corrected chi connectivity index (χ1v) is 8.28. The van der Waals surface area contributed by atoms with Gasteiger partial charge in [0.25, 0.3) is 0 Å². The maximum absolute atomic E-state index is 13.2. The molecule has 0 atom stereocenters. The predicted octanol–water partition coefficient (Wildman–Crippen LogP) is 4.58. The molecule has 0 saturated heterocycles. The minimum atomic E-state index is -0.250. The third-order valence-corrected chi connectivity index (χ3v) is 5.23. The van der Waals surface area contributed by atoms with E-state index in [9.17, 15) is 4.79 Å². The van der Waals surface area contributed by atoms with Crippen molar-refractivity contribution in [1.29, 1.82) is 0 Å². The highest BCUT2D eigenvalue weighted by Crippen LogP contribution is 2.43. The summed E-state index contributed by atoms with van der Waals surface area (Å²) in [5.74, 6) is 2.76. The Balaban J connectivity index is 2.06. The van der Waals surface area contributed by atoms with Gasteiger partial charge in [-0.2, -0.15) is 0 Å². The number of aryl methyl sites for hydroxylation is 1. The summed E-state index contributed by atoms with van der Waals surface area (Å²) in [5.41, 5.74) is 6.37. The van der Waals surface area contributed by atoms with Crippen molar-refractivity contribution in [2.75, 3.05) is 0 Å². The van der Waals surface area contributed by atoms with Gasteiger partial charge in [-0.05, 0) is 35.7 Å². The summed E-state index contributed by atoms with van der Waals surface area (Å²) in [7, 11) is 0. The van der Waals surface area contributed by atoms with Gasteiger partial charge in [0.15, 0.2) is 5.78 Å². The van der Waals surface area contributed by atoms with Crippen LogP contribution in [0.1, 0.15) is 59.1 Å². The molecule has 0 bridgehead atoms. The fraction of sp³-hybridized carbons (Fsp3) is 0.227. The molecule has 4 rings (SSSR count). The number of ketones is 1. The molecule has 2 aromatic carbocycles. The highest BCUT2D eigenvalue weighted by Gasteiger charge is 2.39. The number of rotatable bonds is 1. The van der Waals surface area contributed by atoms with Crippen molar-refractivity contribution < 1.29 is 4.79 Å². The monoisotopic (exact) mass is 313 g/mol. The fourth-order valence-electron chi connectivity index (χ4n) is 3.81. The Hall–Kier alpha value is -2.79. The van der Waals surface area contributed by atoms with Crippen molar-refractivity contribution in [3.63, 3.8) is 0 Å². The zero-order valence-corrected chi connectivity index (χ0v) is 14.2. The van der Waals surface area contributed by atoms with E-state index in [2.05, 4.69) is 49.9 Å². The van der Waals surface area contributed by atoms with Gasteiger partial charge in [-0.25, -0.2) is 0 Å². The molecule has 2 heteroatoms. The molecular formula is C22H19NO. The summed E-state index contributed by atoms with van der Waals surface area (Å²) in [5, 5.41) is 0.953. The van der Waals surface area contributed by atoms with Gasteiger partial charge in [-0.3, -0.25) is 4.79 Å². The number of aromatic nitrogens is 1. The molecule has 1 aromatic heterocycles. The Morgan fingerprint density at radius 1 is 1.17 bits per heavy atom. The van der Waals surface area contributed by atoms with Crippen molar-refractivity contribution in [2.24, 2.45) is 0 Å². The summed E-state index contributed by atoms with van der Waals surface area (Å²) >= 11 is 0. The van der Waals surface area contributed by atoms with Crippen LogP contribution in [0.4, 0.5) is 0 Å². The maximum atomic E-state index is 13.2. The van der Waals surface area contributed by atoms with Crippen LogP contribution in [0.3, 0.4) is 0 Å². The van der Waals surface area contributed by atoms with Gasteiger partial charge in [-0.1, -0.05) is 44.9 Å². The topological polar surface area (TPSA) is 32.9 Å². The van der Waals surface area contributed by atoms with Crippen LogP contribution in [-0.4, -0.2) is 10.8 Å². The van der Waals surface area contributed by atoms with Crippen molar-refractivity contribution in [3.05, 3.63) is 69.9 Å². The number of hydrogen-bond donors (Lipinski definition) is 1. The van der Waals surface area contributed by atoms with E-state index in [-0.39, 0.29) is 11.2 Å². The van der Waals surface area contributed by atoms with Gasteiger partial charge in [0.05, 0.1) is 5.56 Å². The zero-order chi connectivity index (χ0) is 17.1. The van der Waals surface area contributed by atoms with Crippen LogP contribution in [-0.2, 0) is 11.8 Å². The van der Waals surface area contributed by atoms with E-state index >= 15 is 0 Å². The fourth-order valence-corrected chi connectivity index (χ4v) is 3.81. The van der Waals surface area contributed by atoms with Crippen molar-refractivity contribution >= 4 is 16.7 Å². The smallest absolute Gasteiger partial charge is 0.195 e. The normalized spacial score (nSPS) is 15.0. The van der Waals surface area contributed by atoms with E-state index in [1.165, 1.54) is 5.56 Å².